The van der Waals surface area contributed by atoms with Crippen LogP contribution in [0.5, 0.6) is 0 Å². The highest BCUT2D eigenvalue weighted by molar-refractivity contribution is 5.47. The van der Waals surface area contributed by atoms with Crippen LogP contribution in [0.2, 0.25) is 0 Å². The van der Waals surface area contributed by atoms with Gasteiger partial charge in [-0.2, -0.15) is 0 Å². The summed E-state index contributed by atoms with van der Waals surface area (Å²) in [6.45, 7) is 4.24. The Bertz CT molecular complexity index is 318. The van der Waals surface area contributed by atoms with Crippen molar-refractivity contribution in [3.8, 4) is 0 Å². The van der Waals surface area contributed by atoms with Crippen LogP contribution in [0.25, 0.3) is 0 Å². The molecule has 1 fully saturated rings. The van der Waals surface area contributed by atoms with E-state index in [-0.39, 0.29) is 0 Å². The highest BCUT2D eigenvalue weighted by Crippen LogP contribution is 2.19. The van der Waals surface area contributed by atoms with Crippen LogP contribution in [0.1, 0.15) is 25.6 Å². The lowest BCUT2D eigenvalue weighted by atomic mass is 10.4. The molecular weight excluding hydrogens is 176 g/mol. The number of nitrogens with zero attached hydrogens (tertiary/aromatic N) is 3. The molecule has 2 rings (SSSR count). The SMILES string of the molecule is CCc1nc(N)cc(N2CCCC2)n1. The number of aryl methyl sites for hydroxylation is 1. The van der Waals surface area contributed by atoms with Crippen LogP contribution in [0.4, 0.5) is 11.6 Å². The van der Waals surface area contributed by atoms with E-state index in [4.69, 9.17) is 5.73 Å². The minimum absolute atomic E-state index is 0.582. The van der Waals surface area contributed by atoms with E-state index in [0.29, 0.717) is 5.82 Å². The Kier molecular flexibility index (Phi) is 2.52. The molecular formula is C10H16N4. The molecule has 1 aliphatic heterocycles. The van der Waals surface area contributed by atoms with Gasteiger partial charge in [0, 0.05) is 25.6 Å². The first kappa shape index (κ1) is 9.24. The van der Waals surface area contributed by atoms with Crippen molar-refractivity contribution < 1.29 is 0 Å². The largest absolute Gasteiger partial charge is 0.384 e. The van der Waals surface area contributed by atoms with Gasteiger partial charge in [-0.1, -0.05) is 6.92 Å². The summed E-state index contributed by atoms with van der Waals surface area (Å²) >= 11 is 0. The quantitative estimate of drug-likeness (QED) is 0.765. The zero-order valence-corrected chi connectivity index (χ0v) is 8.53. The first-order valence-electron chi connectivity index (χ1n) is 5.18. The maximum Gasteiger partial charge on any atom is 0.134 e. The molecule has 4 nitrogen and oxygen atoms in total. The predicted octanol–water partition coefficient (Wildman–Crippen LogP) is 1.22. The Morgan fingerprint density at radius 2 is 2.07 bits per heavy atom. The molecule has 2 N–H and O–H groups in total. The van der Waals surface area contributed by atoms with Crippen LogP contribution in [-0.2, 0) is 6.42 Å². The van der Waals surface area contributed by atoms with Crippen molar-refractivity contribution in [1.82, 2.24) is 9.97 Å². The van der Waals surface area contributed by atoms with Gasteiger partial charge >= 0.3 is 0 Å². The minimum atomic E-state index is 0.582. The zero-order chi connectivity index (χ0) is 9.97. The van der Waals surface area contributed by atoms with Crippen LogP contribution in [-0.4, -0.2) is 23.1 Å². The fourth-order valence-electron chi connectivity index (χ4n) is 1.77. The summed E-state index contributed by atoms with van der Waals surface area (Å²) in [7, 11) is 0. The van der Waals surface area contributed by atoms with Crippen LogP contribution in [0.3, 0.4) is 0 Å². The van der Waals surface area contributed by atoms with Gasteiger partial charge in [-0.3, -0.25) is 0 Å². The second-order valence-electron chi connectivity index (χ2n) is 3.61. The van der Waals surface area contributed by atoms with Gasteiger partial charge in [-0.15, -0.1) is 0 Å². The molecule has 0 aromatic carbocycles. The fourth-order valence-corrected chi connectivity index (χ4v) is 1.77. The van der Waals surface area contributed by atoms with E-state index in [1.165, 1.54) is 12.8 Å². The van der Waals surface area contributed by atoms with Crippen molar-refractivity contribution in [3.63, 3.8) is 0 Å². The highest BCUT2D eigenvalue weighted by atomic mass is 15.2. The third-order valence-electron chi connectivity index (χ3n) is 2.53. The van der Waals surface area contributed by atoms with Gasteiger partial charge in [0.2, 0.25) is 0 Å². The molecule has 0 spiro atoms. The predicted molar refractivity (Wildman–Crippen MR) is 57.3 cm³/mol. The van der Waals surface area contributed by atoms with Crippen molar-refractivity contribution in [2.75, 3.05) is 23.7 Å². The van der Waals surface area contributed by atoms with Gasteiger partial charge in [-0.25, -0.2) is 9.97 Å². The summed E-state index contributed by atoms with van der Waals surface area (Å²) in [5.74, 6) is 2.41. The standard InChI is InChI=1S/C10H16N4/c1-2-9-12-8(11)7-10(13-9)14-5-3-4-6-14/h7H,2-6H2,1H3,(H2,11,12,13). The van der Waals surface area contributed by atoms with E-state index in [9.17, 15) is 0 Å². The van der Waals surface area contributed by atoms with Crippen molar-refractivity contribution in [3.05, 3.63) is 11.9 Å². The topological polar surface area (TPSA) is 55.0 Å². The smallest absolute Gasteiger partial charge is 0.134 e. The fraction of sp³-hybridized carbons (Fsp3) is 0.600. The Morgan fingerprint density at radius 3 is 2.71 bits per heavy atom. The van der Waals surface area contributed by atoms with Crippen LogP contribution >= 0.6 is 0 Å². The maximum atomic E-state index is 5.72. The normalized spacial score (nSPS) is 16.2. The second-order valence-corrected chi connectivity index (χ2v) is 3.61. The lowest BCUT2D eigenvalue weighted by Gasteiger charge is -2.16. The van der Waals surface area contributed by atoms with E-state index < -0.39 is 0 Å². The molecule has 0 saturated carbocycles. The number of hydrogen-bond donors (Lipinski definition) is 1. The van der Waals surface area contributed by atoms with Crippen LogP contribution in [0.15, 0.2) is 6.07 Å². The maximum absolute atomic E-state index is 5.72. The summed E-state index contributed by atoms with van der Waals surface area (Å²) in [5.41, 5.74) is 5.72. The first-order chi connectivity index (χ1) is 6.79. The summed E-state index contributed by atoms with van der Waals surface area (Å²) in [5, 5.41) is 0. The average Bonchev–Trinajstić information content (AvgIpc) is 2.69. The highest BCUT2D eigenvalue weighted by Gasteiger charge is 2.14. The molecule has 0 aliphatic carbocycles. The molecule has 0 bridgehead atoms. The van der Waals surface area contributed by atoms with Gasteiger partial charge in [0.05, 0.1) is 0 Å². The molecule has 76 valence electrons. The van der Waals surface area contributed by atoms with E-state index >= 15 is 0 Å². The summed E-state index contributed by atoms with van der Waals surface area (Å²) in [6, 6.07) is 1.87. The van der Waals surface area contributed by atoms with Gasteiger partial charge in [0.1, 0.15) is 17.5 Å². The van der Waals surface area contributed by atoms with Crippen LogP contribution in [0, 0.1) is 0 Å². The van der Waals surface area contributed by atoms with E-state index in [0.717, 1.165) is 31.2 Å². The van der Waals surface area contributed by atoms with Gasteiger partial charge < -0.3 is 10.6 Å². The number of hydrogen-bond acceptors (Lipinski definition) is 4. The lowest BCUT2D eigenvalue weighted by Crippen LogP contribution is -2.20. The Morgan fingerprint density at radius 1 is 1.36 bits per heavy atom. The molecule has 2 heterocycles. The van der Waals surface area contributed by atoms with E-state index in [1.807, 2.05) is 13.0 Å². The number of nitrogen functional groups attached to an aromatic ring is 1. The Labute approximate surface area is 84.2 Å². The molecule has 0 radical (unpaired) electrons. The van der Waals surface area contributed by atoms with Crippen molar-refractivity contribution in [2.45, 2.75) is 26.2 Å². The lowest BCUT2D eigenvalue weighted by molar-refractivity contribution is 0.882. The molecule has 1 aliphatic rings. The van der Waals surface area contributed by atoms with Gasteiger partial charge in [-0.05, 0) is 12.8 Å². The second kappa shape index (κ2) is 3.82. The summed E-state index contributed by atoms with van der Waals surface area (Å²) in [6.07, 6.45) is 3.35. The average molecular weight is 192 g/mol. The molecule has 1 aromatic heterocycles. The van der Waals surface area contributed by atoms with Crippen molar-refractivity contribution in [1.29, 1.82) is 0 Å². The molecule has 14 heavy (non-hydrogen) atoms. The number of anilines is 2. The first-order valence-corrected chi connectivity index (χ1v) is 5.18. The molecule has 0 amide bonds. The monoisotopic (exact) mass is 192 g/mol. The third-order valence-corrected chi connectivity index (χ3v) is 2.53. The summed E-state index contributed by atoms with van der Waals surface area (Å²) < 4.78 is 0. The van der Waals surface area contributed by atoms with Gasteiger partial charge in [0.15, 0.2) is 0 Å². The Balaban J connectivity index is 2.27. The molecule has 1 aromatic rings. The minimum Gasteiger partial charge on any atom is -0.384 e. The molecule has 4 heteroatoms. The van der Waals surface area contributed by atoms with E-state index in [1.54, 1.807) is 0 Å². The van der Waals surface area contributed by atoms with Gasteiger partial charge in [0.25, 0.3) is 0 Å². The number of rotatable bonds is 2. The zero-order valence-electron chi connectivity index (χ0n) is 8.53. The number of nitrogens with two attached hydrogens (primary N) is 1. The Hall–Kier alpha value is -1.32. The molecule has 0 unspecified atom stereocenters. The third kappa shape index (κ3) is 1.78. The molecule has 0 atom stereocenters. The summed E-state index contributed by atoms with van der Waals surface area (Å²) in [4.78, 5) is 10.9. The van der Waals surface area contributed by atoms with Crippen LogP contribution < -0.4 is 10.6 Å². The molecule has 1 saturated heterocycles. The van der Waals surface area contributed by atoms with Crippen molar-refractivity contribution >= 4 is 11.6 Å². The number of aromatic nitrogens is 2. The van der Waals surface area contributed by atoms with E-state index in [2.05, 4.69) is 14.9 Å². The van der Waals surface area contributed by atoms with Crippen molar-refractivity contribution in [2.24, 2.45) is 0 Å².